The number of carbonyl (C=O) groups excluding carboxylic acids is 2. The molecule has 3 rings (SSSR count). The first-order chi connectivity index (χ1) is 11.0. The number of amides is 2. The fourth-order valence-corrected chi connectivity index (χ4v) is 3.80. The van der Waals surface area contributed by atoms with Crippen molar-refractivity contribution in [1.29, 1.82) is 0 Å². The minimum Gasteiger partial charge on any atom is -0.351 e. The van der Waals surface area contributed by atoms with E-state index in [4.69, 9.17) is 0 Å². The van der Waals surface area contributed by atoms with Gasteiger partial charge in [0.25, 0.3) is 0 Å². The van der Waals surface area contributed by atoms with Gasteiger partial charge in [-0.3, -0.25) is 9.59 Å². The smallest absolute Gasteiger partial charge is 0.245 e. The molecule has 1 aromatic rings. The lowest BCUT2D eigenvalue weighted by Crippen LogP contribution is -2.55. The molecule has 1 heterocycles. The number of carbonyl (C=O) groups is 2. The van der Waals surface area contributed by atoms with Crippen LogP contribution in [0.25, 0.3) is 0 Å². The van der Waals surface area contributed by atoms with E-state index in [2.05, 4.69) is 11.4 Å². The molecule has 0 unspecified atom stereocenters. The van der Waals surface area contributed by atoms with Gasteiger partial charge in [-0.05, 0) is 38.7 Å². The average Bonchev–Trinajstić information content (AvgIpc) is 3.12. The van der Waals surface area contributed by atoms with Crippen LogP contribution in [-0.4, -0.2) is 28.3 Å². The Kier molecular flexibility index (Phi) is 4.42. The summed E-state index contributed by atoms with van der Waals surface area (Å²) in [6.07, 6.45) is 5.57. The van der Waals surface area contributed by atoms with E-state index >= 15 is 0 Å². The van der Waals surface area contributed by atoms with Crippen molar-refractivity contribution in [3.63, 3.8) is 0 Å². The number of hydrogen-bond donors (Lipinski definition) is 1. The fraction of sp³-hybridized carbons (Fsp3) is 0.579. The van der Waals surface area contributed by atoms with Crippen LogP contribution in [0.3, 0.4) is 0 Å². The number of rotatable bonds is 4. The molecular weight excluding hydrogens is 288 g/mol. The van der Waals surface area contributed by atoms with Gasteiger partial charge in [0.15, 0.2) is 0 Å². The molecular formula is C19H26N2O2. The standard InChI is InChI=1S/C19H26N2O2/c1-14-6-5-7-15(12-14)13-21-17(22)10-11-19(21,2)18(23)20-16-8-3-4-9-16/h5-7,12,16H,3-4,8-11,13H2,1-2H3,(H,20,23)/t19-/m1/s1. The summed E-state index contributed by atoms with van der Waals surface area (Å²) in [5.74, 6) is 0.0958. The van der Waals surface area contributed by atoms with Crippen LogP contribution < -0.4 is 5.32 Å². The molecule has 4 heteroatoms. The molecule has 1 N–H and O–H groups in total. The van der Waals surface area contributed by atoms with E-state index in [-0.39, 0.29) is 17.9 Å². The molecule has 124 valence electrons. The van der Waals surface area contributed by atoms with E-state index in [1.54, 1.807) is 4.90 Å². The van der Waals surface area contributed by atoms with Gasteiger partial charge in [-0.25, -0.2) is 0 Å². The zero-order valence-electron chi connectivity index (χ0n) is 14.1. The van der Waals surface area contributed by atoms with Gasteiger partial charge < -0.3 is 10.2 Å². The van der Waals surface area contributed by atoms with E-state index < -0.39 is 5.54 Å². The number of nitrogens with one attached hydrogen (secondary N) is 1. The van der Waals surface area contributed by atoms with Crippen LogP contribution in [0.4, 0.5) is 0 Å². The minimum absolute atomic E-state index is 0.0166. The molecule has 4 nitrogen and oxygen atoms in total. The first-order valence-corrected chi connectivity index (χ1v) is 8.66. The maximum Gasteiger partial charge on any atom is 0.245 e. The maximum atomic E-state index is 12.8. The molecule has 1 aromatic carbocycles. The summed E-state index contributed by atoms with van der Waals surface area (Å²) in [5, 5.41) is 3.18. The largest absolute Gasteiger partial charge is 0.351 e. The Balaban J connectivity index is 1.76. The van der Waals surface area contributed by atoms with E-state index in [1.807, 2.05) is 32.0 Å². The van der Waals surface area contributed by atoms with Crippen molar-refractivity contribution in [1.82, 2.24) is 10.2 Å². The molecule has 0 bridgehead atoms. The van der Waals surface area contributed by atoms with E-state index in [0.29, 0.717) is 19.4 Å². The van der Waals surface area contributed by atoms with Gasteiger partial charge in [-0.1, -0.05) is 42.7 Å². The molecule has 2 fully saturated rings. The number of nitrogens with zero attached hydrogens (tertiary/aromatic N) is 1. The zero-order chi connectivity index (χ0) is 16.4. The summed E-state index contributed by atoms with van der Waals surface area (Å²) in [6.45, 7) is 4.47. The first kappa shape index (κ1) is 16.0. The predicted octanol–water partition coefficient (Wildman–Crippen LogP) is 2.93. The third-order valence-corrected chi connectivity index (χ3v) is 5.33. The normalized spacial score (nSPS) is 25.1. The van der Waals surface area contributed by atoms with Crippen LogP contribution in [0, 0.1) is 6.92 Å². The van der Waals surface area contributed by atoms with Gasteiger partial charge in [0.05, 0.1) is 0 Å². The second kappa shape index (κ2) is 6.34. The average molecular weight is 314 g/mol. The molecule has 1 atom stereocenters. The monoisotopic (exact) mass is 314 g/mol. The van der Waals surface area contributed by atoms with Gasteiger partial charge >= 0.3 is 0 Å². The minimum atomic E-state index is -0.719. The van der Waals surface area contributed by atoms with Crippen molar-refractivity contribution in [2.75, 3.05) is 0 Å². The third-order valence-electron chi connectivity index (χ3n) is 5.33. The van der Waals surface area contributed by atoms with Crippen LogP contribution in [0.15, 0.2) is 24.3 Å². The lowest BCUT2D eigenvalue weighted by Gasteiger charge is -2.35. The van der Waals surface area contributed by atoms with Crippen LogP contribution in [0.5, 0.6) is 0 Å². The lowest BCUT2D eigenvalue weighted by molar-refractivity contribution is -0.141. The molecule has 1 aliphatic carbocycles. The topological polar surface area (TPSA) is 49.4 Å². The highest BCUT2D eigenvalue weighted by atomic mass is 16.2. The highest BCUT2D eigenvalue weighted by Gasteiger charge is 2.47. The van der Waals surface area contributed by atoms with Gasteiger partial charge in [-0.15, -0.1) is 0 Å². The predicted molar refractivity (Wildman–Crippen MR) is 89.8 cm³/mol. The molecule has 1 saturated carbocycles. The first-order valence-electron chi connectivity index (χ1n) is 8.66. The van der Waals surface area contributed by atoms with E-state index in [1.165, 1.54) is 18.4 Å². The molecule has 0 radical (unpaired) electrons. The van der Waals surface area contributed by atoms with Crippen LogP contribution in [0.2, 0.25) is 0 Å². The van der Waals surface area contributed by atoms with Crippen molar-refractivity contribution in [2.45, 2.75) is 70.5 Å². The lowest BCUT2D eigenvalue weighted by atomic mass is 9.96. The van der Waals surface area contributed by atoms with Crippen molar-refractivity contribution in [2.24, 2.45) is 0 Å². The fourth-order valence-electron chi connectivity index (χ4n) is 3.80. The SMILES string of the molecule is Cc1cccc(CN2C(=O)CC[C@]2(C)C(=O)NC2CCCC2)c1. The van der Waals surface area contributed by atoms with Crippen molar-refractivity contribution in [3.05, 3.63) is 35.4 Å². The second-order valence-corrected chi connectivity index (χ2v) is 7.20. The highest BCUT2D eigenvalue weighted by Crippen LogP contribution is 2.32. The molecule has 2 amide bonds. The Bertz CT molecular complexity index is 607. The van der Waals surface area contributed by atoms with E-state index in [9.17, 15) is 9.59 Å². The van der Waals surface area contributed by atoms with Crippen molar-refractivity contribution < 1.29 is 9.59 Å². The summed E-state index contributed by atoms with van der Waals surface area (Å²) in [5.41, 5.74) is 1.54. The summed E-state index contributed by atoms with van der Waals surface area (Å²) in [4.78, 5) is 27.0. The summed E-state index contributed by atoms with van der Waals surface area (Å²) < 4.78 is 0. The van der Waals surface area contributed by atoms with E-state index in [0.717, 1.165) is 18.4 Å². The van der Waals surface area contributed by atoms with Crippen LogP contribution in [0.1, 0.15) is 56.6 Å². The molecule has 2 aliphatic rings. The van der Waals surface area contributed by atoms with Gasteiger partial charge in [-0.2, -0.15) is 0 Å². The molecule has 0 aromatic heterocycles. The number of aryl methyl sites for hydroxylation is 1. The highest BCUT2D eigenvalue weighted by molar-refractivity contribution is 5.94. The quantitative estimate of drug-likeness (QED) is 0.929. The van der Waals surface area contributed by atoms with Gasteiger partial charge in [0.2, 0.25) is 11.8 Å². The zero-order valence-corrected chi connectivity index (χ0v) is 14.1. The molecule has 1 aliphatic heterocycles. The Morgan fingerprint density at radius 3 is 2.78 bits per heavy atom. The molecule has 1 saturated heterocycles. The van der Waals surface area contributed by atoms with Crippen LogP contribution in [-0.2, 0) is 16.1 Å². The number of hydrogen-bond acceptors (Lipinski definition) is 2. The summed E-state index contributed by atoms with van der Waals surface area (Å²) >= 11 is 0. The summed E-state index contributed by atoms with van der Waals surface area (Å²) in [6, 6.07) is 8.44. The van der Waals surface area contributed by atoms with Gasteiger partial charge in [0, 0.05) is 19.0 Å². The third kappa shape index (κ3) is 3.26. The van der Waals surface area contributed by atoms with Crippen LogP contribution >= 0.6 is 0 Å². The maximum absolute atomic E-state index is 12.8. The summed E-state index contributed by atoms with van der Waals surface area (Å²) in [7, 11) is 0. The van der Waals surface area contributed by atoms with Crippen molar-refractivity contribution >= 4 is 11.8 Å². The Morgan fingerprint density at radius 1 is 1.35 bits per heavy atom. The number of benzene rings is 1. The second-order valence-electron chi connectivity index (χ2n) is 7.20. The Labute approximate surface area is 138 Å². The Morgan fingerprint density at radius 2 is 2.09 bits per heavy atom. The van der Waals surface area contributed by atoms with Crippen molar-refractivity contribution in [3.8, 4) is 0 Å². The van der Waals surface area contributed by atoms with Gasteiger partial charge in [0.1, 0.15) is 5.54 Å². The molecule has 0 spiro atoms. The molecule has 23 heavy (non-hydrogen) atoms. The number of likely N-dealkylation sites (tertiary alicyclic amines) is 1. The Hall–Kier alpha value is -1.84.